The molecule has 0 fully saturated rings. The van der Waals surface area contributed by atoms with Gasteiger partial charge < -0.3 is 4.42 Å². The molecule has 66 heavy (non-hydrogen) atoms. The summed E-state index contributed by atoms with van der Waals surface area (Å²) in [7, 11) is 0. The van der Waals surface area contributed by atoms with Gasteiger partial charge in [-0.1, -0.05) is 218 Å². The van der Waals surface area contributed by atoms with Crippen molar-refractivity contribution in [2.75, 3.05) is 0 Å². The van der Waals surface area contributed by atoms with Gasteiger partial charge in [-0.05, 0) is 84.6 Å². The van der Waals surface area contributed by atoms with Gasteiger partial charge in [-0.15, -0.1) is 0 Å². The lowest BCUT2D eigenvalue weighted by Gasteiger charge is -2.34. The smallest absolute Gasteiger partial charge is 0.164 e. The van der Waals surface area contributed by atoms with Crippen LogP contribution in [0.5, 0.6) is 0 Å². The van der Waals surface area contributed by atoms with Crippen molar-refractivity contribution in [1.82, 2.24) is 15.0 Å². The summed E-state index contributed by atoms with van der Waals surface area (Å²) in [6, 6.07) is 84.4. The SMILES string of the molecule is c1ccc(-c2nc(-c3ccc(-c4ccc(-c5ccc6c(c5)C(c5ccccc5)(c5ccccc5)c5ccccc5-6)c5ccccc45)cc3)nc(-c3cccc4oc5ccccc5c34)n2)cc1. The molecule has 0 aliphatic heterocycles. The molecule has 0 spiro atoms. The molecule has 2 heterocycles. The van der Waals surface area contributed by atoms with E-state index in [1.54, 1.807) is 0 Å². The summed E-state index contributed by atoms with van der Waals surface area (Å²) in [5.74, 6) is 1.82. The maximum atomic E-state index is 6.26. The van der Waals surface area contributed by atoms with Gasteiger partial charge in [0, 0.05) is 27.5 Å². The van der Waals surface area contributed by atoms with Crippen LogP contribution in [0.2, 0.25) is 0 Å². The van der Waals surface area contributed by atoms with Crippen LogP contribution in [-0.4, -0.2) is 15.0 Å². The van der Waals surface area contributed by atoms with Crippen LogP contribution in [0, 0.1) is 0 Å². The largest absolute Gasteiger partial charge is 0.456 e. The molecule has 0 amide bonds. The van der Waals surface area contributed by atoms with Gasteiger partial charge in [0.15, 0.2) is 17.5 Å². The minimum Gasteiger partial charge on any atom is -0.456 e. The summed E-state index contributed by atoms with van der Waals surface area (Å²) in [4.78, 5) is 15.3. The monoisotopic (exact) mass is 841 g/mol. The number of para-hydroxylation sites is 1. The van der Waals surface area contributed by atoms with E-state index in [9.17, 15) is 0 Å². The van der Waals surface area contributed by atoms with Crippen LogP contribution in [0.3, 0.4) is 0 Å². The first-order valence-corrected chi connectivity index (χ1v) is 22.4. The Morgan fingerprint density at radius 3 is 1.45 bits per heavy atom. The van der Waals surface area contributed by atoms with Crippen molar-refractivity contribution in [2.45, 2.75) is 5.41 Å². The molecule has 13 rings (SSSR count). The minimum atomic E-state index is -0.468. The maximum Gasteiger partial charge on any atom is 0.164 e. The summed E-state index contributed by atoms with van der Waals surface area (Å²) in [5, 5.41) is 4.42. The molecular weight excluding hydrogens is 803 g/mol. The van der Waals surface area contributed by atoms with Crippen LogP contribution < -0.4 is 0 Å². The van der Waals surface area contributed by atoms with Gasteiger partial charge in [-0.3, -0.25) is 0 Å². The number of aromatic nitrogens is 3. The van der Waals surface area contributed by atoms with Crippen LogP contribution >= 0.6 is 0 Å². The fourth-order valence-electron chi connectivity index (χ4n) is 10.5. The highest BCUT2D eigenvalue weighted by Gasteiger charge is 2.46. The molecule has 1 aliphatic carbocycles. The normalized spacial score (nSPS) is 12.7. The fourth-order valence-corrected chi connectivity index (χ4v) is 10.5. The van der Waals surface area contributed by atoms with Gasteiger partial charge in [-0.25, -0.2) is 15.0 Å². The second-order valence-corrected chi connectivity index (χ2v) is 17.0. The van der Waals surface area contributed by atoms with E-state index in [1.807, 2.05) is 60.7 Å². The molecule has 0 unspecified atom stereocenters. The first-order chi connectivity index (χ1) is 32.7. The standard InChI is InChI=1S/C62H39N3O/c1-4-17-41(18-5-1)59-63-60(65-61(64-59)53-27-16-30-57-58(53)52-26-13-15-29-56(52)66-57)42-33-31-40(32-34-42)46-37-38-47(49-24-11-10-23-48(46)49)43-35-36-51-50-25-12-14-28-54(50)62(55(51)39-43,44-19-6-2-7-20-44)45-21-8-3-9-22-45/h1-39H. The van der Waals surface area contributed by atoms with Gasteiger partial charge in [0.2, 0.25) is 0 Å². The van der Waals surface area contributed by atoms with Crippen molar-refractivity contribution >= 4 is 32.7 Å². The zero-order valence-electron chi connectivity index (χ0n) is 35.8. The Labute approximate surface area is 382 Å². The lowest BCUT2D eigenvalue weighted by atomic mass is 9.67. The van der Waals surface area contributed by atoms with E-state index >= 15 is 0 Å². The Kier molecular flexibility index (Phi) is 8.72. The number of furan rings is 1. The number of hydrogen-bond donors (Lipinski definition) is 0. The van der Waals surface area contributed by atoms with Gasteiger partial charge in [0.1, 0.15) is 11.2 Å². The highest BCUT2D eigenvalue weighted by atomic mass is 16.3. The zero-order valence-corrected chi connectivity index (χ0v) is 35.8. The van der Waals surface area contributed by atoms with E-state index in [0.29, 0.717) is 17.5 Å². The Morgan fingerprint density at radius 2 is 0.758 bits per heavy atom. The van der Waals surface area contributed by atoms with E-state index in [-0.39, 0.29) is 0 Å². The summed E-state index contributed by atoms with van der Waals surface area (Å²) >= 11 is 0. The molecule has 0 atom stereocenters. The summed E-state index contributed by atoms with van der Waals surface area (Å²) in [6.45, 7) is 0. The Morgan fingerprint density at radius 1 is 0.288 bits per heavy atom. The first kappa shape index (κ1) is 37.8. The molecule has 1 aliphatic rings. The van der Waals surface area contributed by atoms with Crippen LogP contribution in [0.15, 0.2) is 241 Å². The third-order valence-corrected chi connectivity index (χ3v) is 13.5. The Hall–Kier alpha value is -8.73. The van der Waals surface area contributed by atoms with Gasteiger partial charge in [0.25, 0.3) is 0 Å². The van der Waals surface area contributed by atoms with Crippen molar-refractivity contribution < 1.29 is 4.42 Å². The second kappa shape index (κ2) is 15.2. The molecule has 0 saturated heterocycles. The van der Waals surface area contributed by atoms with Crippen LogP contribution in [0.25, 0.3) is 100 Å². The molecular formula is C62H39N3O. The van der Waals surface area contributed by atoms with Crippen LogP contribution in [0.1, 0.15) is 22.3 Å². The third kappa shape index (κ3) is 5.89. The molecule has 0 saturated carbocycles. The molecule has 0 radical (unpaired) electrons. The fraction of sp³-hybridized carbons (Fsp3) is 0.0161. The Balaban J connectivity index is 0.920. The quantitative estimate of drug-likeness (QED) is 0.160. The number of fused-ring (bicyclic) bond motifs is 7. The predicted molar refractivity (Wildman–Crippen MR) is 269 cm³/mol. The summed E-state index contributed by atoms with van der Waals surface area (Å²) in [6.07, 6.45) is 0. The predicted octanol–water partition coefficient (Wildman–Crippen LogP) is 15.6. The van der Waals surface area contributed by atoms with Crippen molar-refractivity contribution in [3.05, 3.63) is 259 Å². The summed E-state index contributed by atoms with van der Waals surface area (Å²) < 4.78 is 6.26. The van der Waals surface area contributed by atoms with Crippen molar-refractivity contribution in [2.24, 2.45) is 0 Å². The molecule has 4 nitrogen and oxygen atoms in total. The molecule has 308 valence electrons. The van der Waals surface area contributed by atoms with E-state index in [1.165, 1.54) is 55.3 Å². The topological polar surface area (TPSA) is 51.8 Å². The maximum absolute atomic E-state index is 6.26. The van der Waals surface area contributed by atoms with Crippen molar-refractivity contribution in [1.29, 1.82) is 0 Å². The third-order valence-electron chi connectivity index (χ3n) is 13.5. The first-order valence-electron chi connectivity index (χ1n) is 22.4. The highest BCUT2D eigenvalue weighted by Crippen LogP contribution is 2.57. The van der Waals surface area contributed by atoms with Gasteiger partial charge in [0.05, 0.1) is 5.41 Å². The van der Waals surface area contributed by atoms with Gasteiger partial charge >= 0.3 is 0 Å². The van der Waals surface area contributed by atoms with Crippen molar-refractivity contribution in [3.8, 4) is 67.5 Å². The average molecular weight is 842 g/mol. The minimum absolute atomic E-state index is 0.468. The van der Waals surface area contributed by atoms with E-state index in [0.717, 1.165) is 49.8 Å². The highest BCUT2D eigenvalue weighted by molar-refractivity contribution is 6.12. The number of hydrogen-bond acceptors (Lipinski definition) is 4. The Bertz CT molecular complexity index is 3760. The molecule has 12 aromatic rings. The number of benzene rings is 10. The van der Waals surface area contributed by atoms with E-state index < -0.39 is 5.41 Å². The molecule has 10 aromatic carbocycles. The van der Waals surface area contributed by atoms with E-state index in [2.05, 4.69) is 176 Å². The van der Waals surface area contributed by atoms with Crippen LogP contribution in [0.4, 0.5) is 0 Å². The lowest BCUT2D eigenvalue weighted by Crippen LogP contribution is -2.28. The van der Waals surface area contributed by atoms with Crippen molar-refractivity contribution in [3.63, 3.8) is 0 Å². The molecule has 2 aromatic heterocycles. The molecule has 0 bridgehead atoms. The van der Waals surface area contributed by atoms with Crippen LogP contribution in [-0.2, 0) is 5.41 Å². The number of rotatable bonds is 7. The summed E-state index contributed by atoms with van der Waals surface area (Å²) in [5.41, 5.74) is 16.3. The lowest BCUT2D eigenvalue weighted by molar-refractivity contribution is 0.669. The second-order valence-electron chi connectivity index (χ2n) is 17.0. The average Bonchev–Trinajstić information content (AvgIpc) is 3.93. The molecule has 4 heteroatoms. The number of nitrogens with zero attached hydrogens (tertiary/aromatic N) is 3. The van der Waals surface area contributed by atoms with E-state index in [4.69, 9.17) is 19.4 Å². The van der Waals surface area contributed by atoms with Gasteiger partial charge in [-0.2, -0.15) is 0 Å². The molecule has 0 N–H and O–H groups in total. The zero-order chi connectivity index (χ0) is 43.6.